The fourth-order valence-electron chi connectivity index (χ4n) is 2.49. The highest BCUT2D eigenvalue weighted by molar-refractivity contribution is 7.15. The Bertz CT molecular complexity index is 884. The zero-order valence-electron chi connectivity index (χ0n) is 14.9. The zero-order valence-corrected chi connectivity index (χ0v) is 15.7. The molecular formula is C19H22N4OS. The average Bonchev–Trinajstić information content (AvgIpc) is 3.13. The van der Waals surface area contributed by atoms with Gasteiger partial charge in [0, 0.05) is 17.8 Å². The van der Waals surface area contributed by atoms with Crippen molar-refractivity contribution in [2.24, 2.45) is 5.10 Å². The number of nitrogens with one attached hydrogen (secondary N) is 1. The maximum Gasteiger partial charge on any atom is 0.246 e. The number of amides is 1. The van der Waals surface area contributed by atoms with E-state index in [9.17, 15) is 4.79 Å². The third-order valence-corrected chi connectivity index (χ3v) is 4.77. The van der Waals surface area contributed by atoms with Gasteiger partial charge in [-0.1, -0.05) is 45.0 Å². The van der Waals surface area contributed by atoms with Gasteiger partial charge in [-0.05, 0) is 23.5 Å². The standard InChI is InChI=1S/C19H22N4OS/c1-13(14-5-7-15(8-6-14)19(2,3)4)21-22-17(24)11-16-12-23-9-10-25-18(23)20-16/h5-10,12H,11H2,1-4H3,(H,22,24)/b21-13+. The van der Waals surface area contributed by atoms with Crippen molar-refractivity contribution in [2.75, 3.05) is 0 Å². The van der Waals surface area contributed by atoms with Crippen LogP contribution in [0.5, 0.6) is 0 Å². The number of hydrogen-bond donors (Lipinski definition) is 1. The summed E-state index contributed by atoms with van der Waals surface area (Å²) in [5.74, 6) is -0.170. The van der Waals surface area contributed by atoms with Crippen LogP contribution < -0.4 is 5.43 Å². The molecule has 1 amide bonds. The normalized spacial score (nSPS) is 12.6. The molecule has 0 aliphatic rings. The third-order valence-electron chi connectivity index (χ3n) is 4.00. The van der Waals surface area contributed by atoms with Crippen molar-refractivity contribution in [3.8, 4) is 0 Å². The summed E-state index contributed by atoms with van der Waals surface area (Å²) >= 11 is 1.55. The zero-order chi connectivity index (χ0) is 18.0. The fraction of sp³-hybridized carbons (Fsp3) is 0.316. The molecule has 130 valence electrons. The molecular weight excluding hydrogens is 332 g/mol. The van der Waals surface area contributed by atoms with E-state index in [0.717, 1.165) is 21.9 Å². The summed E-state index contributed by atoms with van der Waals surface area (Å²) < 4.78 is 1.92. The van der Waals surface area contributed by atoms with Gasteiger partial charge in [-0.2, -0.15) is 5.10 Å². The molecule has 0 atom stereocenters. The van der Waals surface area contributed by atoms with Gasteiger partial charge in [-0.15, -0.1) is 11.3 Å². The second-order valence-electron chi connectivity index (χ2n) is 7.06. The largest absolute Gasteiger partial charge is 0.297 e. The summed E-state index contributed by atoms with van der Waals surface area (Å²) in [4.78, 5) is 17.4. The molecule has 1 N–H and O–H groups in total. The van der Waals surface area contributed by atoms with Crippen molar-refractivity contribution in [1.82, 2.24) is 14.8 Å². The Labute approximate surface area is 151 Å². The van der Waals surface area contributed by atoms with Crippen LogP contribution in [0.2, 0.25) is 0 Å². The van der Waals surface area contributed by atoms with Crippen molar-refractivity contribution in [3.05, 3.63) is 58.9 Å². The molecule has 3 rings (SSSR count). The van der Waals surface area contributed by atoms with E-state index in [4.69, 9.17) is 0 Å². The molecule has 25 heavy (non-hydrogen) atoms. The number of thiazole rings is 1. The van der Waals surface area contributed by atoms with E-state index in [0.29, 0.717) is 0 Å². The number of nitrogens with zero attached hydrogens (tertiary/aromatic N) is 3. The Morgan fingerprint density at radius 1 is 1.28 bits per heavy atom. The molecule has 0 unspecified atom stereocenters. The minimum absolute atomic E-state index is 0.121. The number of fused-ring (bicyclic) bond motifs is 1. The minimum atomic E-state index is -0.170. The van der Waals surface area contributed by atoms with E-state index in [-0.39, 0.29) is 17.7 Å². The number of hydrogen-bond acceptors (Lipinski definition) is 4. The van der Waals surface area contributed by atoms with Crippen molar-refractivity contribution < 1.29 is 4.79 Å². The predicted molar refractivity (Wildman–Crippen MR) is 102 cm³/mol. The fourth-order valence-corrected chi connectivity index (χ4v) is 3.21. The SMILES string of the molecule is C/C(=N\NC(=O)Cc1cn2ccsc2n1)c1ccc(C(C)(C)C)cc1. The van der Waals surface area contributed by atoms with Crippen LogP contribution in [0.3, 0.4) is 0 Å². The summed E-state index contributed by atoms with van der Waals surface area (Å²) in [5, 5.41) is 6.17. The number of hydrazone groups is 1. The van der Waals surface area contributed by atoms with E-state index >= 15 is 0 Å². The molecule has 1 aromatic carbocycles. The van der Waals surface area contributed by atoms with Gasteiger partial charge in [0.25, 0.3) is 0 Å². The summed E-state index contributed by atoms with van der Waals surface area (Å²) in [6.45, 7) is 8.44. The highest BCUT2D eigenvalue weighted by atomic mass is 32.1. The summed E-state index contributed by atoms with van der Waals surface area (Å²) in [6.07, 6.45) is 4.01. The van der Waals surface area contributed by atoms with Gasteiger partial charge in [-0.3, -0.25) is 9.20 Å². The molecule has 3 aromatic rings. The quantitative estimate of drug-likeness (QED) is 0.573. The Hall–Kier alpha value is -2.47. The Balaban J connectivity index is 1.62. The summed E-state index contributed by atoms with van der Waals surface area (Å²) in [6, 6.07) is 8.28. The van der Waals surface area contributed by atoms with Crippen molar-refractivity contribution >= 4 is 27.9 Å². The Morgan fingerprint density at radius 2 is 2.00 bits per heavy atom. The molecule has 2 aromatic heterocycles. The lowest BCUT2D eigenvalue weighted by molar-refractivity contribution is -0.120. The molecule has 2 heterocycles. The molecule has 0 fully saturated rings. The average molecular weight is 354 g/mol. The van der Waals surface area contributed by atoms with E-state index in [1.165, 1.54) is 5.56 Å². The molecule has 5 nitrogen and oxygen atoms in total. The van der Waals surface area contributed by atoms with Crippen LogP contribution in [0.4, 0.5) is 0 Å². The maximum absolute atomic E-state index is 12.1. The van der Waals surface area contributed by atoms with E-state index < -0.39 is 0 Å². The van der Waals surface area contributed by atoms with Crippen LogP contribution >= 0.6 is 11.3 Å². The summed E-state index contributed by atoms with van der Waals surface area (Å²) in [5.41, 5.74) is 6.52. The highest BCUT2D eigenvalue weighted by Crippen LogP contribution is 2.22. The molecule has 0 bridgehead atoms. The van der Waals surface area contributed by atoms with Crippen molar-refractivity contribution in [2.45, 2.75) is 39.5 Å². The van der Waals surface area contributed by atoms with Gasteiger partial charge in [0.1, 0.15) is 0 Å². The monoisotopic (exact) mass is 354 g/mol. The Kier molecular flexibility index (Phi) is 4.72. The number of aromatic nitrogens is 2. The lowest BCUT2D eigenvalue weighted by atomic mass is 9.86. The lowest BCUT2D eigenvalue weighted by Gasteiger charge is -2.19. The number of rotatable bonds is 4. The summed E-state index contributed by atoms with van der Waals surface area (Å²) in [7, 11) is 0. The smallest absolute Gasteiger partial charge is 0.246 e. The minimum Gasteiger partial charge on any atom is -0.297 e. The first kappa shape index (κ1) is 17.4. The molecule has 0 aliphatic heterocycles. The lowest BCUT2D eigenvalue weighted by Crippen LogP contribution is -2.21. The van der Waals surface area contributed by atoms with Crippen LogP contribution in [0.1, 0.15) is 44.5 Å². The van der Waals surface area contributed by atoms with Gasteiger partial charge in [-0.25, -0.2) is 10.4 Å². The van der Waals surface area contributed by atoms with Crippen molar-refractivity contribution in [1.29, 1.82) is 0 Å². The van der Waals surface area contributed by atoms with Gasteiger partial charge in [0.2, 0.25) is 5.91 Å². The van der Waals surface area contributed by atoms with Crippen LogP contribution in [-0.2, 0) is 16.6 Å². The number of carbonyl (C=O) groups excluding carboxylic acids is 1. The van der Waals surface area contributed by atoms with Crippen LogP contribution in [0, 0.1) is 0 Å². The van der Waals surface area contributed by atoms with Crippen LogP contribution in [0.15, 0.2) is 47.1 Å². The van der Waals surface area contributed by atoms with Gasteiger partial charge in [0.15, 0.2) is 4.96 Å². The predicted octanol–water partition coefficient (Wildman–Crippen LogP) is 3.78. The molecule has 0 saturated carbocycles. The number of imidazole rings is 1. The number of carbonyl (C=O) groups is 1. The van der Waals surface area contributed by atoms with Gasteiger partial charge < -0.3 is 0 Å². The first-order valence-electron chi connectivity index (χ1n) is 8.18. The van der Waals surface area contributed by atoms with Gasteiger partial charge in [0.05, 0.1) is 17.8 Å². The first-order chi connectivity index (χ1) is 11.8. The van der Waals surface area contributed by atoms with Crippen molar-refractivity contribution in [3.63, 3.8) is 0 Å². The maximum atomic E-state index is 12.1. The molecule has 0 radical (unpaired) electrons. The van der Waals surface area contributed by atoms with Crippen LogP contribution in [0.25, 0.3) is 4.96 Å². The van der Waals surface area contributed by atoms with E-state index in [1.54, 1.807) is 11.3 Å². The Morgan fingerprint density at radius 3 is 2.64 bits per heavy atom. The molecule has 6 heteroatoms. The van der Waals surface area contributed by atoms with E-state index in [1.807, 2.05) is 41.2 Å². The second-order valence-corrected chi connectivity index (χ2v) is 7.93. The second kappa shape index (κ2) is 6.80. The van der Waals surface area contributed by atoms with Gasteiger partial charge >= 0.3 is 0 Å². The van der Waals surface area contributed by atoms with Crippen LogP contribution in [-0.4, -0.2) is 21.0 Å². The third kappa shape index (κ3) is 4.14. The molecule has 0 aliphatic carbocycles. The molecule has 0 spiro atoms. The number of benzene rings is 1. The van der Waals surface area contributed by atoms with E-state index in [2.05, 4.69) is 48.4 Å². The first-order valence-corrected chi connectivity index (χ1v) is 9.06. The topological polar surface area (TPSA) is 58.8 Å². The molecule has 0 saturated heterocycles. The highest BCUT2D eigenvalue weighted by Gasteiger charge is 2.13.